The van der Waals surface area contributed by atoms with Crippen molar-refractivity contribution in [3.8, 4) is 0 Å². The van der Waals surface area contributed by atoms with Crippen molar-refractivity contribution >= 4 is 11.9 Å². The molecular formula is C25H30O4Ti. The van der Waals surface area contributed by atoms with Crippen molar-refractivity contribution in [3.05, 3.63) is 102 Å². The molecule has 2 N–H and O–H groups in total. The molecule has 158 valence electrons. The smallest absolute Gasteiger partial charge is 0.478 e. The van der Waals surface area contributed by atoms with E-state index in [1.54, 1.807) is 60.7 Å². The molecule has 5 heteroatoms. The van der Waals surface area contributed by atoms with E-state index in [4.69, 9.17) is 10.2 Å². The molecule has 0 heterocycles. The van der Waals surface area contributed by atoms with Gasteiger partial charge in [0.15, 0.2) is 0 Å². The monoisotopic (exact) mass is 442 g/mol. The number of rotatable bonds is 2. The van der Waals surface area contributed by atoms with Gasteiger partial charge < -0.3 is 17.6 Å². The maximum Gasteiger partial charge on any atom is 2.00 e. The van der Waals surface area contributed by atoms with Gasteiger partial charge in [0.05, 0.1) is 11.1 Å². The van der Waals surface area contributed by atoms with Crippen molar-refractivity contribution in [2.45, 2.75) is 34.6 Å². The zero-order chi connectivity index (χ0) is 21.3. The minimum atomic E-state index is -0.879. The molecule has 0 saturated carbocycles. The molecule has 30 heavy (non-hydrogen) atoms. The Balaban J connectivity index is 0. The Bertz CT molecular complexity index is 817. The Labute approximate surface area is 195 Å². The van der Waals surface area contributed by atoms with Gasteiger partial charge in [-0.3, -0.25) is 6.08 Å². The minimum absolute atomic E-state index is 0. The van der Waals surface area contributed by atoms with Crippen LogP contribution in [0.25, 0.3) is 0 Å². The number of carboxylic acids is 2. The molecule has 1 aliphatic carbocycles. The van der Waals surface area contributed by atoms with Gasteiger partial charge in [0.2, 0.25) is 0 Å². The summed E-state index contributed by atoms with van der Waals surface area (Å²) in [6.07, 6.45) is 3.44. The normalized spacial score (nSPS) is 13.2. The van der Waals surface area contributed by atoms with Crippen molar-refractivity contribution in [1.29, 1.82) is 0 Å². The van der Waals surface area contributed by atoms with Gasteiger partial charge in [-0.1, -0.05) is 69.5 Å². The Morgan fingerprint density at radius 2 is 1.10 bits per heavy atom. The van der Waals surface area contributed by atoms with Crippen LogP contribution in [0.5, 0.6) is 0 Å². The van der Waals surface area contributed by atoms with Crippen LogP contribution in [0, 0.1) is 18.9 Å². The molecule has 0 spiro atoms. The number of carbonyl (C=O) groups is 2. The van der Waals surface area contributed by atoms with Gasteiger partial charge in [-0.15, -0.1) is 6.92 Å². The van der Waals surface area contributed by atoms with Crippen LogP contribution in [0.15, 0.2) is 77.4 Å². The fraction of sp³-hybridized carbons (Fsp3) is 0.240. The zero-order valence-corrected chi connectivity index (χ0v) is 20.0. The van der Waals surface area contributed by atoms with Gasteiger partial charge in [-0.05, 0) is 24.3 Å². The van der Waals surface area contributed by atoms with E-state index in [-0.39, 0.29) is 34.6 Å². The summed E-state index contributed by atoms with van der Waals surface area (Å²) in [4.78, 5) is 20.4. The van der Waals surface area contributed by atoms with E-state index < -0.39 is 11.9 Å². The summed E-state index contributed by atoms with van der Waals surface area (Å²) in [5.74, 6) is -1.76. The summed E-state index contributed by atoms with van der Waals surface area (Å²) in [7, 11) is 0. The number of hydrogen-bond donors (Lipinski definition) is 2. The molecule has 0 amide bonds. The average molecular weight is 442 g/mol. The fourth-order valence-electron chi connectivity index (χ4n) is 2.57. The number of benzene rings is 2. The third kappa shape index (κ3) is 9.38. The molecule has 1 aliphatic rings. The van der Waals surface area contributed by atoms with E-state index in [0.29, 0.717) is 11.1 Å². The second kappa shape index (κ2) is 13.7. The molecule has 0 radical (unpaired) electrons. The first kappa shape index (κ1) is 29.8. The summed E-state index contributed by atoms with van der Waals surface area (Å²) in [5, 5.41) is 16.8. The molecule has 0 unspecified atom stereocenters. The van der Waals surface area contributed by atoms with Crippen LogP contribution in [0.2, 0.25) is 0 Å². The molecule has 0 bridgehead atoms. The zero-order valence-electron chi connectivity index (χ0n) is 18.5. The summed E-state index contributed by atoms with van der Waals surface area (Å²) in [5.41, 5.74) is 5.06. The van der Waals surface area contributed by atoms with Crippen LogP contribution < -0.4 is 0 Å². The maximum absolute atomic E-state index is 10.2. The third-order valence-electron chi connectivity index (χ3n) is 4.60. The van der Waals surface area contributed by atoms with Gasteiger partial charge in [-0.2, -0.15) is 11.1 Å². The standard InChI is InChI=1S/C10H15.2C7H6O2.CH3.Ti/c1-7-6-10(4,5)9(3)8(7)2;2*8-7(9)6-4-2-1-3-5-6;;/h1-5H3;2*1-5H,(H,8,9);1H3;/q-1;;;-1;+2. The maximum atomic E-state index is 10.2. The van der Waals surface area contributed by atoms with E-state index in [9.17, 15) is 9.59 Å². The van der Waals surface area contributed by atoms with Crippen LogP contribution in [0.3, 0.4) is 0 Å². The van der Waals surface area contributed by atoms with Crippen LogP contribution >= 0.6 is 0 Å². The van der Waals surface area contributed by atoms with Gasteiger partial charge in [-0.25, -0.2) is 15.2 Å². The second-order valence-corrected chi connectivity index (χ2v) is 6.97. The molecular weight excluding hydrogens is 412 g/mol. The molecule has 0 aromatic heterocycles. The van der Waals surface area contributed by atoms with Crippen LogP contribution in [0.1, 0.15) is 55.3 Å². The van der Waals surface area contributed by atoms with E-state index >= 15 is 0 Å². The van der Waals surface area contributed by atoms with E-state index in [2.05, 4.69) is 40.7 Å². The van der Waals surface area contributed by atoms with E-state index in [1.807, 2.05) is 0 Å². The summed E-state index contributed by atoms with van der Waals surface area (Å²) in [6, 6.07) is 16.6. The Hall–Kier alpha value is -2.43. The van der Waals surface area contributed by atoms with Crippen molar-refractivity contribution < 1.29 is 41.5 Å². The van der Waals surface area contributed by atoms with Gasteiger partial charge in [0.25, 0.3) is 0 Å². The van der Waals surface area contributed by atoms with Crippen LogP contribution in [0.4, 0.5) is 0 Å². The van der Waals surface area contributed by atoms with E-state index in [1.165, 1.54) is 16.7 Å². The first-order valence-electron chi connectivity index (χ1n) is 8.93. The minimum Gasteiger partial charge on any atom is -0.478 e. The molecule has 0 atom stereocenters. The third-order valence-corrected chi connectivity index (χ3v) is 4.60. The SMILES string of the molecule is CC1=[C-]C(C)(C)C(C)=C1C.O=C(O)c1ccccc1.O=C(O)c1ccccc1.[CH3-].[Ti+2]. The van der Waals surface area contributed by atoms with E-state index in [0.717, 1.165) is 0 Å². The number of hydrogen-bond acceptors (Lipinski definition) is 2. The number of aromatic carboxylic acids is 2. The van der Waals surface area contributed by atoms with Crippen LogP contribution in [-0.2, 0) is 21.7 Å². The second-order valence-electron chi connectivity index (χ2n) is 6.97. The summed E-state index contributed by atoms with van der Waals surface area (Å²) >= 11 is 0. The predicted molar refractivity (Wildman–Crippen MR) is 118 cm³/mol. The predicted octanol–water partition coefficient (Wildman–Crippen LogP) is 6.33. The van der Waals surface area contributed by atoms with Crippen molar-refractivity contribution in [1.82, 2.24) is 0 Å². The Morgan fingerprint density at radius 3 is 1.23 bits per heavy atom. The first-order chi connectivity index (χ1) is 13.1. The molecule has 2 aromatic rings. The molecule has 3 rings (SSSR count). The topological polar surface area (TPSA) is 74.6 Å². The molecule has 0 aliphatic heterocycles. The summed E-state index contributed by atoms with van der Waals surface area (Å²) < 4.78 is 0. The van der Waals surface area contributed by atoms with Gasteiger partial charge in [0, 0.05) is 0 Å². The van der Waals surface area contributed by atoms with Crippen molar-refractivity contribution in [2.24, 2.45) is 5.41 Å². The number of carboxylic acid groups (broad SMARTS) is 2. The van der Waals surface area contributed by atoms with Crippen LogP contribution in [-0.4, -0.2) is 22.2 Å². The quantitative estimate of drug-likeness (QED) is 0.421. The Morgan fingerprint density at radius 1 is 0.767 bits per heavy atom. The van der Waals surface area contributed by atoms with Gasteiger partial charge >= 0.3 is 33.7 Å². The van der Waals surface area contributed by atoms with Crippen molar-refractivity contribution in [2.75, 3.05) is 0 Å². The van der Waals surface area contributed by atoms with Crippen molar-refractivity contribution in [3.63, 3.8) is 0 Å². The van der Waals surface area contributed by atoms with Gasteiger partial charge in [0.1, 0.15) is 0 Å². The largest absolute Gasteiger partial charge is 2.00 e. The molecule has 4 nitrogen and oxygen atoms in total. The summed E-state index contributed by atoms with van der Waals surface area (Å²) in [6.45, 7) is 10.9. The molecule has 0 saturated heterocycles. The first-order valence-corrected chi connectivity index (χ1v) is 8.93. The number of allylic oxidation sites excluding steroid dienone is 4. The molecule has 2 aromatic carbocycles. The Kier molecular flexibility index (Phi) is 13.6. The molecule has 0 fully saturated rings. The fourth-order valence-corrected chi connectivity index (χ4v) is 2.57. The average Bonchev–Trinajstić information content (AvgIpc) is 2.85.